The lowest BCUT2D eigenvalue weighted by Crippen LogP contribution is -2.16. The van der Waals surface area contributed by atoms with Crippen LogP contribution in [0, 0.1) is 12.7 Å². The lowest BCUT2D eigenvalue weighted by atomic mass is 10.2. The highest BCUT2D eigenvalue weighted by Crippen LogP contribution is 2.20. The molecule has 0 bridgehead atoms. The SMILES string of the molecule is CC.Cc1ncn(C)c1C(=O)Nc1ccc(F)c(Cl)c1. The fraction of sp³-hybridized carbons (Fsp3) is 0.286. The molecule has 0 saturated carbocycles. The molecule has 0 unspecified atom stereocenters. The second kappa shape index (κ2) is 7.05. The molecule has 1 aromatic heterocycles. The van der Waals surface area contributed by atoms with Crippen molar-refractivity contribution in [3.8, 4) is 0 Å². The molecule has 0 spiro atoms. The number of benzene rings is 1. The minimum absolute atomic E-state index is 0.0328. The Balaban J connectivity index is 0.000000956. The molecule has 1 amide bonds. The average molecular weight is 298 g/mol. The number of anilines is 1. The summed E-state index contributed by atoms with van der Waals surface area (Å²) in [5.41, 5.74) is 1.52. The normalized spacial score (nSPS) is 9.70. The van der Waals surface area contributed by atoms with Crippen molar-refractivity contribution < 1.29 is 9.18 Å². The van der Waals surface area contributed by atoms with Gasteiger partial charge in [0.2, 0.25) is 0 Å². The predicted molar refractivity (Wildman–Crippen MR) is 78.7 cm³/mol. The molecule has 20 heavy (non-hydrogen) atoms. The molecule has 2 rings (SSSR count). The summed E-state index contributed by atoms with van der Waals surface area (Å²) >= 11 is 5.64. The van der Waals surface area contributed by atoms with Crippen LogP contribution >= 0.6 is 11.6 Å². The molecule has 108 valence electrons. The number of hydrogen-bond donors (Lipinski definition) is 1. The Morgan fingerprint density at radius 1 is 1.40 bits per heavy atom. The summed E-state index contributed by atoms with van der Waals surface area (Å²) in [4.78, 5) is 16.0. The number of nitrogens with one attached hydrogen (secondary N) is 1. The predicted octanol–water partition coefficient (Wildman–Crippen LogP) is 3.80. The molecule has 2 aromatic rings. The average Bonchev–Trinajstić information content (AvgIpc) is 2.76. The second-order valence-electron chi connectivity index (χ2n) is 3.87. The fourth-order valence-corrected chi connectivity index (χ4v) is 1.82. The Kier molecular flexibility index (Phi) is 5.70. The summed E-state index contributed by atoms with van der Waals surface area (Å²) in [6.07, 6.45) is 1.56. The van der Waals surface area contributed by atoms with Crippen molar-refractivity contribution in [3.63, 3.8) is 0 Å². The Morgan fingerprint density at radius 2 is 2.05 bits per heavy atom. The van der Waals surface area contributed by atoms with Gasteiger partial charge in [-0.1, -0.05) is 25.4 Å². The van der Waals surface area contributed by atoms with Crippen LogP contribution in [-0.4, -0.2) is 15.5 Å². The highest BCUT2D eigenvalue weighted by Gasteiger charge is 2.14. The molecular formula is C14H17ClFN3O. The molecule has 0 aliphatic heterocycles. The van der Waals surface area contributed by atoms with Gasteiger partial charge in [0.25, 0.3) is 5.91 Å². The van der Waals surface area contributed by atoms with Gasteiger partial charge in [-0.3, -0.25) is 4.79 Å². The third-order valence-corrected chi connectivity index (χ3v) is 2.80. The number of aryl methyl sites for hydroxylation is 2. The lowest BCUT2D eigenvalue weighted by Gasteiger charge is -2.07. The van der Waals surface area contributed by atoms with E-state index in [0.717, 1.165) is 0 Å². The third kappa shape index (κ3) is 3.57. The highest BCUT2D eigenvalue weighted by molar-refractivity contribution is 6.31. The van der Waals surface area contributed by atoms with Crippen molar-refractivity contribution in [2.45, 2.75) is 20.8 Å². The summed E-state index contributed by atoms with van der Waals surface area (Å²) in [5.74, 6) is -0.832. The monoisotopic (exact) mass is 297 g/mol. The van der Waals surface area contributed by atoms with Crippen LogP contribution in [0.4, 0.5) is 10.1 Å². The topological polar surface area (TPSA) is 46.9 Å². The van der Waals surface area contributed by atoms with Crippen LogP contribution in [0.25, 0.3) is 0 Å². The smallest absolute Gasteiger partial charge is 0.274 e. The van der Waals surface area contributed by atoms with Gasteiger partial charge < -0.3 is 9.88 Å². The van der Waals surface area contributed by atoms with Crippen LogP contribution in [0.15, 0.2) is 24.5 Å². The quantitative estimate of drug-likeness (QED) is 0.916. The maximum Gasteiger partial charge on any atom is 0.274 e. The minimum Gasteiger partial charge on any atom is -0.330 e. The van der Waals surface area contributed by atoms with E-state index < -0.39 is 5.82 Å². The zero-order valence-electron chi connectivity index (χ0n) is 11.9. The van der Waals surface area contributed by atoms with E-state index in [1.807, 2.05) is 13.8 Å². The molecule has 0 aliphatic carbocycles. The van der Waals surface area contributed by atoms with Crippen LogP contribution in [0.2, 0.25) is 5.02 Å². The Morgan fingerprint density at radius 3 is 2.55 bits per heavy atom. The van der Waals surface area contributed by atoms with E-state index >= 15 is 0 Å². The number of halogens is 2. The fourth-order valence-electron chi connectivity index (χ4n) is 1.64. The molecule has 6 heteroatoms. The van der Waals surface area contributed by atoms with Crippen molar-refractivity contribution in [1.82, 2.24) is 9.55 Å². The van der Waals surface area contributed by atoms with Crippen LogP contribution in [0.1, 0.15) is 30.0 Å². The van der Waals surface area contributed by atoms with Crippen molar-refractivity contribution in [2.24, 2.45) is 7.05 Å². The van der Waals surface area contributed by atoms with E-state index in [0.29, 0.717) is 17.1 Å². The van der Waals surface area contributed by atoms with Gasteiger partial charge in [-0.05, 0) is 25.1 Å². The highest BCUT2D eigenvalue weighted by atomic mass is 35.5. The number of carbonyl (C=O) groups excluding carboxylic acids is 1. The molecular weight excluding hydrogens is 281 g/mol. The minimum atomic E-state index is -0.522. The molecule has 4 nitrogen and oxygen atoms in total. The van der Waals surface area contributed by atoms with E-state index in [4.69, 9.17) is 11.6 Å². The second-order valence-corrected chi connectivity index (χ2v) is 4.28. The zero-order chi connectivity index (χ0) is 15.3. The molecule has 0 aliphatic rings. The summed E-state index contributed by atoms with van der Waals surface area (Å²) < 4.78 is 14.6. The van der Waals surface area contributed by atoms with Crippen LogP contribution in [0.3, 0.4) is 0 Å². The summed E-state index contributed by atoms with van der Waals surface area (Å²) in [5, 5.41) is 2.61. The molecule has 0 radical (unpaired) electrons. The van der Waals surface area contributed by atoms with Crippen molar-refractivity contribution in [2.75, 3.05) is 5.32 Å². The summed E-state index contributed by atoms with van der Waals surface area (Å²) in [7, 11) is 1.73. The van der Waals surface area contributed by atoms with Gasteiger partial charge in [-0.25, -0.2) is 9.37 Å². The summed E-state index contributed by atoms with van der Waals surface area (Å²) in [6.45, 7) is 5.74. The number of rotatable bonds is 2. The van der Waals surface area contributed by atoms with E-state index in [9.17, 15) is 9.18 Å². The van der Waals surface area contributed by atoms with Gasteiger partial charge in [-0.2, -0.15) is 0 Å². The van der Waals surface area contributed by atoms with E-state index in [-0.39, 0.29) is 10.9 Å². The molecule has 1 N–H and O–H groups in total. The number of hydrogen-bond acceptors (Lipinski definition) is 2. The number of nitrogens with zero attached hydrogens (tertiary/aromatic N) is 2. The van der Waals surface area contributed by atoms with Crippen molar-refractivity contribution in [3.05, 3.63) is 46.8 Å². The van der Waals surface area contributed by atoms with Gasteiger partial charge in [-0.15, -0.1) is 0 Å². The summed E-state index contributed by atoms with van der Waals surface area (Å²) in [6, 6.07) is 4.01. The third-order valence-electron chi connectivity index (χ3n) is 2.51. The first-order valence-corrected chi connectivity index (χ1v) is 6.61. The molecule has 0 fully saturated rings. The number of imidazole rings is 1. The van der Waals surface area contributed by atoms with Gasteiger partial charge in [0.15, 0.2) is 0 Å². The Hall–Kier alpha value is -1.88. The number of aromatic nitrogens is 2. The Bertz CT molecular complexity index is 591. The largest absolute Gasteiger partial charge is 0.330 e. The zero-order valence-corrected chi connectivity index (χ0v) is 12.6. The molecule has 0 saturated heterocycles. The maximum absolute atomic E-state index is 13.0. The molecule has 1 aromatic carbocycles. The van der Waals surface area contributed by atoms with E-state index in [1.54, 1.807) is 24.9 Å². The van der Waals surface area contributed by atoms with Crippen molar-refractivity contribution in [1.29, 1.82) is 0 Å². The first-order chi connectivity index (χ1) is 9.49. The van der Waals surface area contributed by atoms with Gasteiger partial charge in [0.05, 0.1) is 17.0 Å². The van der Waals surface area contributed by atoms with E-state index in [2.05, 4.69) is 10.3 Å². The van der Waals surface area contributed by atoms with Crippen LogP contribution in [-0.2, 0) is 7.05 Å². The Labute approximate surface area is 122 Å². The van der Waals surface area contributed by atoms with Gasteiger partial charge in [0, 0.05) is 12.7 Å². The van der Waals surface area contributed by atoms with Gasteiger partial charge in [0.1, 0.15) is 11.5 Å². The first kappa shape index (κ1) is 16.2. The van der Waals surface area contributed by atoms with Crippen molar-refractivity contribution >= 4 is 23.2 Å². The first-order valence-electron chi connectivity index (χ1n) is 6.23. The van der Waals surface area contributed by atoms with Gasteiger partial charge >= 0.3 is 0 Å². The number of amides is 1. The van der Waals surface area contributed by atoms with Crippen LogP contribution in [0.5, 0.6) is 0 Å². The maximum atomic E-state index is 13.0. The molecule has 0 atom stereocenters. The number of carbonyl (C=O) groups is 1. The standard InChI is InChI=1S/C12H11ClFN3O.C2H6/c1-7-11(17(2)6-15-7)12(18)16-8-3-4-10(14)9(13)5-8;1-2/h3-6H,1-2H3,(H,16,18);1-2H3. The molecule has 1 heterocycles. The lowest BCUT2D eigenvalue weighted by molar-refractivity contribution is 0.101. The van der Waals surface area contributed by atoms with E-state index in [1.165, 1.54) is 18.2 Å². The van der Waals surface area contributed by atoms with Crippen LogP contribution < -0.4 is 5.32 Å².